The molecule has 6 rings (SSSR count). The average molecular weight is 741 g/mol. The molecule has 4 heterocycles. The standard InChI is InChI=1S/C30H37BrCl2N8O3S/c1-39-7-3-8-40(12-11-39)20-4-9-41(10-5-20)27-16-22(32)24(15-23(27)33)36-30-34-18-21(31)29(37-30)35-25-17-28-19(6-13-44-28)14-26(25)38-45(2,42)43/h14-18,20,38H,3-13H2,1-2H3,(H2,34,35,36,37). The van der Waals surface area contributed by atoms with E-state index >= 15 is 0 Å². The van der Waals surface area contributed by atoms with Crippen LogP contribution >= 0.6 is 39.1 Å². The van der Waals surface area contributed by atoms with Gasteiger partial charge in [0.25, 0.3) is 0 Å². The molecule has 0 aliphatic carbocycles. The minimum atomic E-state index is -3.52. The van der Waals surface area contributed by atoms with E-state index in [1.165, 1.54) is 13.0 Å². The van der Waals surface area contributed by atoms with Crippen LogP contribution in [-0.4, -0.2) is 93.4 Å². The highest BCUT2D eigenvalue weighted by Crippen LogP contribution is 2.39. The van der Waals surface area contributed by atoms with Crippen LogP contribution < -0.4 is 25.0 Å². The highest BCUT2D eigenvalue weighted by Gasteiger charge is 2.27. The van der Waals surface area contributed by atoms with Crippen molar-refractivity contribution in [2.75, 3.05) is 79.4 Å². The molecule has 0 radical (unpaired) electrons. The third kappa shape index (κ3) is 7.88. The van der Waals surface area contributed by atoms with Gasteiger partial charge in [-0.15, -0.1) is 0 Å². The number of aromatic nitrogens is 2. The van der Waals surface area contributed by atoms with Gasteiger partial charge in [-0.1, -0.05) is 23.2 Å². The predicted octanol–water partition coefficient (Wildman–Crippen LogP) is 5.95. The lowest BCUT2D eigenvalue weighted by molar-refractivity contribution is 0.174. The van der Waals surface area contributed by atoms with E-state index in [2.05, 4.69) is 63.0 Å². The maximum absolute atomic E-state index is 12.1. The molecule has 1 aromatic heterocycles. The topological polar surface area (TPSA) is 115 Å². The summed E-state index contributed by atoms with van der Waals surface area (Å²) in [6.45, 7) is 6.98. The van der Waals surface area contributed by atoms with Crippen molar-refractivity contribution >= 4 is 83.7 Å². The highest BCUT2D eigenvalue weighted by atomic mass is 79.9. The minimum absolute atomic E-state index is 0.283. The fourth-order valence-corrected chi connectivity index (χ4v) is 7.50. The van der Waals surface area contributed by atoms with Gasteiger partial charge in [-0.05, 0) is 79.1 Å². The van der Waals surface area contributed by atoms with Gasteiger partial charge < -0.3 is 25.2 Å². The zero-order valence-electron chi connectivity index (χ0n) is 25.2. The molecule has 3 aromatic rings. The second-order valence-corrected chi connectivity index (χ2v) is 15.2. The summed E-state index contributed by atoms with van der Waals surface area (Å²) >= 11 is 17.1. The number of piperidine rings is 1. The Bertz CT molecular complexity index is 1670. The molecule has 2 saturated heterocycles. The Morgan fingerprint density at radius 1 is 0.956 bits per heavy atom. The summed E-state index contributed by atoms with van der Waals surface area (Å²) in [6, 6.07) is 7.85. The number of anilines is 6. The number of ether oxygens (including phenoxy) is 1. The first-order valence-electron chi connectivity index (χ1n) is 15.0. The summed E-state index contributed by atoms with van der Waals surface area (Å²) in [5.41, 5.74) is 3.32. The maximum Gasteiger partial charge on any atom is 0.229 e. The number of hydrogen-bond donors (Lipinski definition) is 3. The fourth-order valence-electron chi connectivity index (χ4n) is 6.15. The van der Waals surface area contributed by atoms with Crippen LogP contribution in [0.5, 0.6) is 5.75 Å². The molecular weight excluding hydrogens is 703 g/mol. The van der Waals surface area contributed by atoms with Gasteiger partial charge in [-0.3, -0.25) is 9.62 Å². The molecule has 45 heavy (non-hydrogen) atoms. The van der Waals surface area contributed by atoms with Gasteiger partial charge in [-0.2, -0.15) is 4.98 Å². The molecule has 3 aliphatic heterocycles. The van der Waals surface area contributed by atoms with Crippen molar-refractivity contribution in [2.45, 2.75) is 31.7 Å². The first-order chi connectivity index (χ1) is 21.5. The van der Waals surface area contributed by atoms with Crippen molar-refractivity contribution in [2.24, 2.45) is 0 Å². The lowest BCUT2D eigenvalue weighted by atomic mass is 10.0. The third-order valence-electron chi connectivity index (χ3n) is 8.48. The van der Waals surface area contributed by atoms with Crippen molar-refractivity contribution in [3.05, 3.63) is 50.5 Å². The molecule has 0 spiro atoms. The van der Waals surface area contributed by atoms with E-state index in [-0.39, 0.29) is 5.95 Å². The Morgan fingerprint density at radius 2 is 1.76 bits per heavy atom. The van der Waals surface area contributed by atoms with E-state index in [4.69, 9.17) is 27.9 Å². The quantitative estimate of drug-likeness (QED) is 0.256. The lowest BCUT2D eigenvalue weighted by Gasteiger charge is -2.39. The van der Waals surface area contributed by atoms with E-state index in [1.807, 2.05) is 6.07 Å². The van der Waals surface area contributed by atoms with Gasteiger partial charge in [0.1, 0.15) is 11.6 Å². The van der Waals surface area contributed by atoms with E-state index in [0.29, 0.717) is 62.2 Å². The van der Waals surface area contributed by atoms with E-state index in [1.54, 1.807) is 24.4 Å². The normalized spacial score (nSPS) is 18.3. The molecule has 2 fully saturated rings. The third-order valence-corrected chi connectivity index (χ3v) is 10.3. The molecule has 0 saturated carbocycles. The number of halogens is 3. The number of rotatable bonds is 8. The Balaban J connectivity index is 1.16. The Labute approximate surface area is 282 Å². The van der Waals surface area contributed by atoms with Gasteiger partial charge in [0, 0.05) is 50.9 Å². The number of likely N-dealkylation sites (N-methyl/N-ethyl adjacent to an activating group) is 1. The van der Waals surface area contributed by atoms with Gasteiger partial charge in [0.15, 0.2) is 0 Å². The van der Waals surface area contributed by atoms with Gasteiger partial charge >= 0.3 is 0 Å². The van der Waals surface area contributed by atoms with Gasteiger partial charge in [0.05, 0.1) is 50.1 Å². The summed E-state index contributed by atoms with van der Waals surface area (Å²) in [4.78, 5) is 16.4. The molecule has 2 aromatic carbocycles. The van der Waals surface area contributed by atoms with Crippen molar-refractivity contribution in [1.29, 1.82) is 0 Å². The molecule has 11 nitrogen and oxygen atoms in total. The van der Waals surface area contributed by atoms with Crippen LogP contribution in [0.1, 0.15) is 24.8 Å². The van der Waals surface area contributed by atoms with E-state index in [9.17, 15) is 8.42 Å². The second kappa shape index (κ2) is 13.7. The smallest absolute Gasteiger partial charge is 0.229 e. The van der Waals surface area contributed by atoms with Crippen molar-refractivity contribution in [1.82, 2.24) is 19.8 Å². The van der Waals surface area contributed by atoms with Crippen LogP contribution in [0, 0.1) is 0 Å². The molecule has 3 aliphatic rings. The largest absolute Gasteiger partial charge is 0.493 e. The number of sulfonamides is 1. The Morgan fingerprint density at radius 3 is 2.53 bits per heavy atom. The van der Waals surface area contributed by atoms with Crippen LogP contribution in [0.25, 0.3) is 0 Å². The van der Waals surface area contributed by atoms with Crippen LogP contribution in [0.4, 0.5) is 34.5 Å². The van der Waals surface area contributed by atoms with Gasteiger partial charge in [-0.25, -0.2) is 13.4 Å². The second-order valence-electron chi connectivity index (χ2n) is 11.8. The number of hydrogen-bond acceptors (Lipinski definition) is 10. The lowest BCUT2D eigenvalue weighted by Crippen LogP contribution is -2.46. The zero-order chi connectivity index (χ0) is 31.7. The molecule has 0 atom stereocenters. The number of benzene rings is 2. The number of nitrogens with one attached hydrogen (secondary N) is 3. The SMILES string of the molecule is CN1CCCN(C2CCN(c3cc(Cl)c(Nc4ncc(Br)c(Nc5cc6c(cc5NS(C)(=O)=O)CCO6)n4)cc3Cl)CC2)CC1. The summed E-state index contributed by atoms with van der Waals surface area (Å²) in [6.07, 6.45) is 6.82. The molecule has 242 valence electrons. The highest BCUT2D eigenvalue weighted by molar-refractivity contribution is 9.10. The van der Waals surface area contributed by atoms with Crippen molar-refractivity contribution < 1.29 is 13.2 Å². The first-order valence-corrected chi connectivity index (χ1v) is 18.5. The Hall–Kier alpha value is -2.55. The first kappa shape index (κ1) is 32.4. The monoisotopic (exact) mass is 738 g/mol. The number of fused-ring (bicyclic) bond motifs is 1. The fraction of sp³-hybridized carbons (Fsp3) is 0.467. The van der Waals surface area contributed by atoms with E-state index < -0.39 is 10.0 Å². The molecular formula is C30H37BrCl2N8O3S. The summed E-state index contributed by atoms with van der Waals surface area (Å²) in [5, 5.41) is 7.50. The predicted molar refractivity (Wildman–Crippen MR) is 186 cm³/mol. The average Bonchev–Trinajstić information content (AvgIpc) is 3.33. The number of nitrogens with zero attached hydrogens (tertiary/aromatic N) is 5. The van der Waals surface area contributed by atoms with Crippen LogP contribution in [0.15, 0.2) is 34.9 Å². The molecule has 15 heteroatoms. The van der Waals surface area contributed by atoms with Gasteiger partial charge in [0.2, 0.25) is 16.0 Å². The molecule has 0 bridgehead atoms. The summed E-state index contributed by atoms with van der Waals surface area (Å²) in [7, 11) is -1.32. The minimum Gasteiger partial charge on any atom is -0.493 e. The molecule has 0 amide bonds. The van der Waals surface area contributed by atoms with Crippen LogP contribution in [0.2, 0.25) is 10.0 Å². The molecule has 0 unspecified atom stereocenters. The van der Waals surface area contributed by atoms with Crippen molar-refractivity contribution in [3.63, 3.8) is 0 Å². The zero-order valence-corrected chi connectivity index (χ0v) is 29.2. The molecule has 3 N–H and O–H groups in total. The Kier molecular flexibility index (Phi) is 9.84. The van der Waals surface area contributed by atoms with Crippen LogP contribution in [0.3, 0.4) is 0 Å². The summed E-state index contributed by atoms with van der Waals surface area (Å²) in [5.74, 6) is 1.39. The maximum atomic E-state index is 12.1. The van der Waals surface area contributed by atoms with E-state index in [0.717, 1.165) is 63.1 Å². The van der Waals surface area contributed by atoms with Crippen LogP contribution in [-0.2, 0) is 16.4 Å². The van der Waals surface area contributed by atoms with Crippen molar-refractivity contribution in [3.8, 4) is 5.75 Å². The summed E-state index contributed by atoms with van der Waals surface area (Å²) < 4.78 is 33.0.